The maximum atomic E-state index is 12.5. The molecule has 3 heterocycles. The Kier molecular flexibility index (Phi) is 5.20. The minimum Gasteiger partial charge on any atom is -0.482 e. The fraction of sp³-hybridized carbons (Fsp3) is 0.400. The van der Waals surface area contributed by atoms with Gasteiger partial charge in [0.25, 0.3) is 11.8 Å². The highest BCUT2D eigenvalue weighted by atomic mass is 16.5. The molecule has 0 radical (unpaired) electrons. The molecule has 1 unspecified atom stereocenters. The van der Waals surface area contributed by atoms with Crippen LogP contribution in [0.4, 0.5) is 5.69 Å². The maximum Gasteiger partial charge on any atom is 0.273 e. The lowest BCUT2D eigenvalue weighted by molar-refractivity contribution is -0.123. The van der Waals surface area contributed by atoms with Crippen LogP contribution >= 0.6 is 0 Å². The minimum absolute atomic E-state index is 0.0685. The van der Waals surface area contributed by atoms with E-state index in [0.29, 0.717) is 24.4 Å². The fourth-order valence-corrected chi connectivity index (χ4v) is 3.42. The topological polar surface area (TPSA) is 114 Å². The van der Waals surface area contributed by atoms with Crippen LogP contribution in [0.1, 0.15) is 41.2 Å². The molecule has 1 fully saturated rings. The van der Waals surface area contributed by atoms with Gasteiger partial charge < -0.3 is 19.8 Å². The summed E-state index contributed by atoms with van der Waals surface area (Å²) in [6.45, 7) is 2.55. The van der Waals surface area contributed by atoms with Crippen LogP contribution in [0.2, 0.25) is 0 Å². The van der Waals surface area contributed by atoms with Crippen LogP contribution in [0.5, 0.6) is 5.75 Å². The van der Waals surface area contributed by atoms with E-state index < -0.39 is 11.9 Å². The molecule has 3 amide bonds. The Morgan fingerprint density at radius 3 is 3.07 bits per heavy atom. The van der Waals surface area contributed by atoms with Crippen LogP contribution < -0.4 is 20.3 Å². The lowest BCUT2D eigenvalue weighted by Crippen LogP contribution is -2.45. The van der Waals surface area contributed by atoms with Gasteiger partial charge in [0.15, 0.2) is 12.3 Å². The summed E-state index contributed by atoms with van der Waals surface area (Å²) in [6.07, 6.45) is 3.56. The van der Waals surface area contributed by atoms with Crippen molar-refractivity contribution in [3.05, 3.63) is 41.6 Å². The summed E-state index contributed by atoms with van der Waals surface area (Å²) >= 11 is 0. The second kappa shape index (κ2) is 7.94. The Hall–Kier alpha value is -3.36. The normalized spacial score (nSPS) is 19.1. The molecule has 2 aliphatic rings. The zero-order valence-corrected chi connectivity index (χ0v) is 16.1. The van der Waals surface area contributed by atoms with Crippen molar-refractivity contribution in [2.24, 2.45) is 0 Å². The maximum absolute atomic E-state index is 12.5. The van der Waals surface area contributed by atoms with Gasteiger partial charge >= 0.3 is 0 Å². The molecule has 2 aromatic rings. The predicted molar refractivity (Wildman–Crippen MR) is 102 cm³/mol. The molecule has 0 bridgehead atoms. The van der Waals surface area contributed by atoms with Crippen LogP contribution in [-0.2, 0) is 16.1 Å². The third-order valence-electron chi connectivity index (χ3n) is 4.98. The van der Waals surface area contributed by atoms with Gasteiger partial charge in [-0.25, -0.2) is 4.98 Å². The smallest absolute Gasteiger partial charge is 0.273 e. The van der Waals surface area contributed by atoms with Gasteiger partial charge in [-0.05, 0) is 43.9 Å². The van der Waals surface area contributed by atoms with Crippen molar-refractivity contribution in [3.63, 3.8) is 0 Å². The number of fused-ring (bicyclic) bond motifs is 1. The number of hydrogen-bond acceptors (Lipinski definition) is 6. The molecular weight excluding hydrogens is 376 g/mol. The van der Waals surface area contributed by atoms with Crippen LogP contribution in [-0.4, -0.2) is 41.9 Å². The number of nitrogens with one attached hydrogen (secondary N) is 2. The number of amides is 3. The first-order chi connectivity index (χ1) is 14.0. The van der Waals surface area contributed by atoms with Crippen molar-refractivity contribution in [1.29, 1.82) is 0 Å². The number of nitrogens with zero attached hydrogens (tertiary/aromatic N) is 2. The minimum atomic E-state index is -0.583. The first-order valence-corrected chi connectivity index (χ1v) is 9.58. The molecule has 1 aromatic carbocycles. The Morgan fingerprint density at radius 2 is 2.21 bits per heavy atom. The Balaban J connectivity index is 1.47. The van der Waals surface area contributed by atoms with Crippen molar-refractivity contribution in [3.8, 4) is 5.75 Å². The third-order valence-corrected chi connectivity index (χ3v) is 4.98. The molecule has 0 aliphatic carbocycles. The van der Waals surface area contributed by atoms with Crippen LogP contribution in [0, 0.1) is 6.92 Å². The van der Waals surface area contributed by atoms with Crippen molar-refractivity contribution in [2.75, 3.05) is 18.1 Å². The van der Waals surface area contributed by atoms with E-state index in [0.717, 1.165) is 18.4 Å². The molecule has 9 heteroatoms. The molecule has 1 aromatic heterocycles. The molecule has 2 aliphatic heterocycles. The Bertz CT molecular complexity index is 954. The number of ether oxygens (including phenoxy) is 1. The highest BCUT2D eigenvalue weighted by Crippen LogP contribution is 2.33. The van der Waals surface area contributed by atoms with Crippen molar-refractivity contribution >= 4 is 23.4 Å². The molecule has 9 nitrogen and oxygen atoms in total. The van der Waals surface area contributed by atoms with Crippen LogP contribution in [0.3, 0.4) is 0 Å². The number of carbonyl (C=O) groups excluding carboxylic acids is 3. The third kappa shape index (κ3) is 4.08. The summed E-state index contributed by atoms with van der Waals surface area (Å²) in [4.78, 5) is 42.6. The molecule has 1 saturated heterocycles. The average Bonchev–Trinajstić information content (AvgIpc) is 3.08. The number of oxazole rings is 1. The number of aromatic nitrogens is 1. The van der Waals surface area contributed by atoms with Gasteiger partial charge in [-0.1, -0.05) is 6.07 Å². The first-order valence-electron chi connectivity index (χ1n) is 9.58. The van der Waals surface area contributed by atoms with Gasteiger partial charge in [-0.15, -0.1) is 0 Å². The summed E-state index contributed by atoms with van der Waals surface area (Å²) in [7, 11) is 0. The average molecular weight is 398 g/mol. The van der Waals surface area contributed by atoms with Gasteiger partial charge in [0.05, 0.1) is 5.69 Å². The number of benzene rings is 1. The molecule has 0 spiro atoms. The Morgan fingerprint density at radius 1 is 1.34 bits per heavy atom. The van der Waals surface area contributed by atoms with E-state index >= 15 is 0 Å². The quantitative estimate of drug-likeness (QED) is 0.803. The van der Waals surface area contributed by atoms with Crippen molar-refractivity contribution in [1.82, 2.24) is 15.6 Å². The molecule has 4 rings (SSSR count). The second-order valence-corrected chi connectivity index (χ2v) is 7.18. The zero-order chi connectivity index (χ0) is 20.4. The summed E-state index contributed by atoms with van der Waals surface area (Å²) in [5, 5.41) is 5.48. The highest BCUT2D eigenvalue weighted by molar-refractivity contribution is 5.98. The van der Waals surface area contributed by atoms with Gasteiger partial charge in [0.2, 0.25) is 11.8 Å². The van der Waals surface area contributed by atoms with E-state index in [4.69, 9.17) is 9.15 Å². The lowest BCUT2D eigenvalue weighted by atomic mass is 10.1. The molecular formula is C20H22N4O5. The van der Waals surface area contributed by atoms with Gasteiger partial charge in [0.1, 0.15) is 24.6 Å². The Labute approximate surface area is 167 Å². The van der Waals surface area contributed by atoms with E-state index in [1.165, 1.54) is 11.2 Å². The van der Waals surface area contributed by atoms with E-state index in [9.17, 15) is 14.4 Å². The standard InChI is InChI=1S/C20H22N4O5/c1-12-5-6-16-15(8-12)24(18(25)11-28-16)9-17-22-14(10-29-17)20(27)23-13-4-2-3-7-21-19(13)26/h5-6,8,10,13H,2-4,7,9,11H2,1H3,(H,21,26)(H,23,27). The van der Waals surface area contributed by atoms with Gasteiger partial charge in [-0.2, -0.15) is 0 Å². The molecule has 2 N–H and O–H groups in total. The fourth-order valence-electron chi connectivity index (χ4n) is 3.42. The number of hydrogen-bond donors (Lipinski definition) is 2. The van der Waals surface area contributed by atoms with Crippen molar-refractivity contribution in [2.45, 2.75) is 38.8 Å². The van der Waals surface area contributed by atoms with Crippen LogP contribution in [0.15, 0.2) is 28.9 Å². The largest absolute Gasteiger partial charge is 0.482 e. The predicted octanol–water partition coefficient (Wildman–Crippen LogP) is 1.31. The summed E-state index contributed by atoms with van der Waals surface area (Å²) in [5.74, 6) is -0.0539. The monoisotopic (exact) mass is 398 g/mol. The highest BCUT2D eigenvalue weighted by Gasteiger charge is 2.28. The van der Waals surface area contributed by atoms with Gasteiger partial charge in [-0.3, -0.25) is 19.3 Å². The molecule has 1 atom stereocenters. The zero-order valence-electron chi connectivity index (χ0n) is 16.1. The molecule has 152 valence electrons. The first kappa shape index (κ1) is 19.0. The summed E-state index contributed by atoms with van der Waals surface area (Å²) in [6, 6.07) is 4.99. The van der Waals surface area contributed by atoms with Crippen LogP contribution in [0.25, 0.3) is 0 Å². The number of rotatable bonds is 4. The number of aryl methyl sites for hydroxylation is 1. The molecule has 0 saturated carbocycles. The van der Waals surface area contributed by atoms with E-state index in [-0.39, 0.29) is 36.6 Å². The number of carbonyl (C=O) groups is 3. The lowest BCUT2D eigenvalue weighted by Gasteiger charge is -2.28. The second-order valence-electron chi connectivity index (χ2n) is 7.18. The number of anilines is 1. The summed E-state index contributed by atoms with van der Waals surface area (Å²) in [5.41, 5.74) is 1.70. The molecule has 29 heavy (non-hydrogen) atoms. The SMILES string of the molecule is Cc1ccc2c(c1)N(Cc1nc(C(=O)NC3CCCCNC3=O)co1)C(=O)CO2. The summed E-state index contributed by atoms with van der Waals surface area (Å²) < 4.78 is 10.9. The van der Waals surface area contributed by atoms with E-state index in [1.807, 2.05) is 25.1 Å². The van der Waals surface area contributed by atoms with Gasteiger partial charge in [0, 0.05) is 6.54 Å². The van der Waals surface area contributed by atoms with Crippen molar-refractivity contribution < 1.29 is 23.5 Å². The van der Waals surface area contributed by atoms with E-state index in [1.54, 1.807) is 0 Å². The van der Waals surface area contributed by atoms with E-state index in [2.05, 4.69) is 15.6 Å².